The molecule has 5 heteroatoms. The van der Waals surface area contributed by atoms with Crippen LogP contribution >= 0.6 is 8.25 Å². The Morgan fingerprint density at radius 3 is 1.25 bits per heavy atom. The summed E-state index contributed by atoms with van der Waals surface area (Å²) >= 11 is 0. The summed E-state index contributed by atoms with van der Waals surface area (Å²) in [6.45, 7) is 8.83. The molecule has 0 amide bonds. The SMILES string of the molecule is CC(C)N(C)C(C)C.O=[P+](O)O. The molecular weight excluding hydrogens is 177 g/mol. The molecular formula is C7H19NO3P+. The second-order valence-electron chi connectivity index (χ2n) is 3.11. The van der Waals surface area contributed by atoms with E-state index < -0.39 is 8.25 Å². The fraction of sp³-hybridized carbons (Fsp3) is 1.00. The Balaban J connectivity index is 0. The van der Waals surface area contributed by atoms with Gasteiger partial charge in [0.05, 0.1) is 0 Å². The minimum absolute atomic E-state index is 0.676. The molecule has 0 fully saturated rings. The third-order valence-corrected chi connectivity index (χ3v) is 1.63. The zero-order valence-corrected chi connectivity index (χ0v) is 9.25. The average Bonchev–Trinajstić information content (AvgIpc) is 1.84. The van der Waals surface area contributed by atoms with Gasteiger partial charge >= 0.3 is 8.25 Å². The van der Waals surface area contributed by atoms with Gasteiger partial charge < -0.3 is 4.90 Å². The second-order valence-corrected chi connectivity index (χ2v) is 3.61. The highest BCUT2D eigenvalue weighted by Crippen LogP contribution is 1.99. The molecule has 0 aromatic rings. The van der Waals surface area contributed by atoms with Crippen molar-refractivity contribution in [2.75, 3.05) is 7.05 Å². The van der Waals surface area contributed by atoms with E-state index in [-0.39, 0.29) is 0 Å². The van der Waals surface area contributed by atoms with Gasteiger partial charge in [-0.15, -0.1) is 9.79 Å². The van der Waals surface area contributed by atoms with Gasteiger partial charge in [0, 0.05) is 16.6 Å². The Bertz CT molecular complexity index is 116. The minimum Gasteiger partial charge on any atom is -0.302 e. The normalized spacial score (nSPS) is 10.2. The van der Waals surface area contributed by atoms with Crippen LogP contribution in [0.3, 0.4) is 0 Å². The zero-order chi connectivity index (χ0) is 10.3. The first-order valence-electron chi connectivity index (χ1n) is 3.86. The van der Waals surface area contributed by atoms with Crippen molar-refractivity contribution < 1.29 is 14.4 Å². The molecule has 0 aromatic carbocycles. The fourth-order valence-electron chi connectivity index (χ4n) is 0.596. The van der Waals surface area contributed by atoms with Crippen molar-refractivity contribution in [2.45, 2.75) is 39.8 Å². The minimum atomic E-state index is -2.87. The van der Waals surface area contributed by atoms with Gasteiger partial charge in [0.15, 0.2) is 0 Å². The van der Waals surface area contributed by atoms with Crippen molar-refractivity contribution in [3.8, 4) is 0 Å². The highest BCUT2D eigenvalue weighted by molar-refractivity contribution is 7.30. The molecule has 0 bridgehead atoms. The van der Waals surface area contributed by atoms with Crippen LogP contribution in [0.5, 0.6) is 0 Å². The van der Waals surface area contributed by atoms with Gasteiger partial charge in [-0.2, -0.15) is 0 Å². The summed E-state index contributed by atoms with van der Waals surface area (Å²) < 4.78 is 8.70. The third kappa shape index (κ3) is 12.6. The van der Waals surface area contributed by atoms with Crippen molar-refractivity contribution in [1.82, 2.24) is 4.90 Å². The molecule has 0 aliphatic heterocycles. The van der Waals surface area contributed by atoms with Gasteiger partial charge in [0.25, 0.3) is 0 Å². The highest BCUT2D eigenvalue weighted by atomic mass is 31.1. The number of nitrogens with zero attached hydrogens (tertiary/aromatic N) is 1. The first-order chi connectivity index (χ1) is 5.29. The van der Waals surface area contributed by atoms with Crippen LogP contribution in [0, 0.1) is 0 Å². The molecule has 74 valence electrons. The van der Waals surface area contributed by atoms with Gasteiger partial charge in [0.1, 0.15) is 0 Å². The molecule has 0 rings (SSSR count). The Morgan fingerprint density at radius 2 is 1.25 bits per heavy atom. The van der Waals surface area contributed by atoms with Crippen LogP contribution in [0.4, 0.5) is 0 Å². The van der Waals surface area contributed by atoms with Gasteiger partial charge in [-0.1, -0.05) is 0 Å². The quantitative estimate of drug-likeness (QED) is 0.655. The van der Waals surface area contributed by atoms with Crippen molar-refractivity contribution in [1.29, 1.82) is 0 Å². The largest absolute Gasteiger partial charge is 0.692 e. The van der Waals surface area contributed by atoms with E-state index in [0.29, 0.717) is 12.1 Å². The van der Waals surface area contributed by atoms with E-state index in [4.69, 9.17) is 14.4 Å². The average molecular weight is 196 g/mol. The monoisotopic (exact) mass is 196 g/mol. The molecule has 12 heavy (non-hydrogen) atoms. The molecule has 2 N–H and O–H groups in total. The number of rotatable bonds is 2. The van der Waals surface area contributed by atoms with Crippen molar-refractivity contribution in [3.63, 3.8) is 0 Å². The molecule has 0 radical (unpaired) electrons. The smallest absolute Gasteiger partial charge is 0.302 e. The Hall–Kier alpha value is -0.0200. The molecule has 0 heterocycles. The zero-order valence-electron chi connectivity index (χ0n) is 8.35. The predicted octanol–water partition coefficient (Wildman–Crippen LogP) is 1.36. The fourth-order valence-corrected chi connectivity index (χ4v) is 0.596. The maximum Gasteiger partial charge on any atom is 0.692 e. The molecule has 0 atom stereocenters. The molecule has 4 nitrogen and oxygen atoms in total. The molecule has 0 saturated heterocycles. The van der Waals surface area contributed by atoms with E-state index in [1.807, 2.05) is 0 Å². The van der Waals surface area contributed by atoms with E-state index in [9.17, 15) is 0 Å². The van der Waals surface area contributed by atoms with Crippen LogP contribution in [0.25, 0.3) is 0 Å². The summed E-state index contributed by atoms with van der Waals surface area (Å²) in [5.74, 6) is 0. The third-order valence-electron chi connectivity index (χ3n) is 1.63. The van der Waals surface area contributed by atoms with E-state index in [2.05, 4.69) is 39.6 Å². The van der Waals surface area contributed by atoms with Crippen molar-refractivity contribution >= 4 is 8.25 Å². The molecule has 0 aliphatic rings. The molecule has 0 unspecified atom stereocenters. The van der Waals surface area contributed by atoms with Gasteiger partial charge in [-0.3, -0.25) is 0 Å². The molecule has 0 aliphatic carbocycles. The lowest BCUT2D eigenvalue weighted by atomic mass is 10.3. The highest BCUT2D eigenvalue weighted by Gasteiger charge is 2.04. The molecule has 0 saturated carbocycles. The van der Waals surface area contributed by atoms with E-state index in [1.165, 1.54) is 0 Å². The summed E-state index contributed by atoms with van der Waals surface area (Å²) in [5.41, 5.74) is 0. The van der Waals surface area contributed by atoms with E-state index in [1.54, 1.807) is 0 Å². The Morgan fingerprint density at radius 1 is 1.08 bits per heavy atom. The van der Waals surface area contributed by atoms with Crippen molar-refractivity contribution in [3.05, 3.63) is 0 Å². The summed E-state index contributed by atoms with van der Waals surface area (Å²) in [5, 5.41) is 0. The Kier molecular flexibility index (Phi) is 9.21. The van der Waals surface area contributed by atoms with E-state index >= 15 is 0 Å². The summed E-state index contributed by atoms with van der Waals surface area (Å²) in [7, 11) is -0.722. The van der Waals surface area contributed by atoms with E-state index in [0.717, 1.165) is 0 Å². The van der Waals surface area contributed by atoms with Crippen LogP contribution in [0.2, 0.25) is 0 Å². The van der Waals surface area contributed by atoms with Crippen LogP contribution in [0.15, 0.2) is 0 Å². The predicted molar refractivity (Wildman–Crippen MR) is 50.1 cm³/mol. The first kappa shape index (κ1) is 14.5. The van der Waals surface area contributed by atoms with Crippen molar-refractivity contribution in [2.24, 2.45) is 0 Å². The second kappa shape index (κ2) is 7.62. The maximum atomic E-state index is 8.70. The summed E-state index contributed by atoms with van der Waals surface area (Å²) in [6.07, 6.45) is 0. The molecule has 0 aromatic heterocycles. The lowest BCUT2D eigenvalue weighted by molar-refractivity contribution is 0.222. The van der Waals surface area contributed by atoms with Crippen LogP contribution in [0.1, 0.15) is 27.7 Å². The van der Waals surface area contributed by atoms with Crippen LogP contribution in [-0.4, -0.2) is 33.8 Å². The van der Waals surface area contributed by atoms with Gasteiger partial charge in [0.2, 0.25) is 0 Å². The summed E-state index contributed by atoms with van der Waals surface area (Å²) in [6, 6.07) is 1.35. The first-order valence-corrected chi connectivity index (χ1v) is 5.02. The number of hydrogen-bond donors (Lipinski definition) is 2. The lowest BCUT2D eigenvalue weighted by Crippen LogP contribution is -2.32. The van der Waals surface area contributed by atoms with Gasteiger partial charge in [-0.05, 0) is 34.7 Å². The molecule has 0 spiro atoms. The van der Waals surface area contributed by atoms with Gasteiger partial charge in [-0.25, -0.2) is 0 Å². The Labute approximate surface area is 75.2 Å². The topological polar surface area (TPSA) is 60.8 Å². The van der Waals surface area contributed by atoms with Crippen LogP contribution in [-0.2, 0) is 4.57 Å². The standard InChI is InChI=1S/C7H17N.HO3P/c1-6(2)8(5)7(3)4;1-4(2)3/h6-7H,1-5H3;(H-,1,2,3)/p+1. The maximum absolute atomic E-state index is 8.70. The summed E-state index contributed by atoms with van der Waals surface area (Å²) in [4.78, 5) is 16.6. The number of hydrogen-bond acceptors (Lipinski definition) is 2. The van der Waals surface area contributed by atoms with Crippen LogP contribution < -0.4 is 0 Å². The lowest BCUT2D eigenvalue weighted by Gasteiger charge is -2.24.